The minimum atomic E-state index is -0.490. The summed E-state index contributed by atoms with van der Waals surface area (Å²) in [5.41, 5.74) is 1.36. The van der Waals surface area contributed by atoms with E-state index in [-0.39, 0.29) is 18.1 Å². The number of benzene rings is 2. The molecular formula is C18H17FN2O3S. The first kappa shape index (κ1) is 17.2. The van der Waals surface area contributed by atoms with E-state index in [1.807, 2.05) is 25.1 Å². The maximum atomic E-state index is 13.7. The van der Waals surface area contributed by atoms with Crippen LogP contribution in [0.1, 0.15) is 12.5 Å². The zero-order chi connectivity index (χ0) is 17.8. The van der Waals surface area contributed by atoms with Crippen LogP contribution in [0.25, 0.3) is 10.2 Å². The molecule has 7 heteroatoms. The van der Waals surface area contributed by atoms with Crippen molar-refractivity contribution in [3.05, 3.63) is 47.8 Å². The second kappa shape index (κ2) is 7.48. The summed E-state index contributed by atoms with van der Waals surface area (Å²) >= 11 is 1.37. The molecule has 0 aliphatic rings. The monoisotopic (exact) mass is 360 g/mol. The van der Waals surface area contributed by atoms with Gasteiger partial charge in [0, 0.05) is 0 Å². The van der Waals surface area contributed by atoms with Gasteiger partial charge >= 0.3 is 0 Å². The summed E-state index contributed by atoms with van der Waals surface area (Å²) in [6.07, 6.45) is 0.0566. The number of methoxy groups -OCH3 is 1. The Bertz CT molecular complexity index is 910. The quantitative estimate of drug-likeness (QED) is 0.721. The van der Waals surface area contributed by atoms with Crippen LogP contribution in [0, 0.1) is 5.82 Å². The third-order valence-corrected chi connectivity index (χ3v) is 4.43. The highest BCUT2D eigenvalue weighted by Crippen LogP contribution is 2.29. The Kier molecular flexibility index (Phi) is 5.14. The van der Waals surface area contributed by atoms with E-state index < -0.39 is 5.82 Å². The van der Waals surface area contributed by atoms with Gasteiger partial charge < -0.3 is 14.8 Å². The molecule has 0 aliphatic carbocycles. The number of nitrogens with one attached hydrogen (secondary N) is 1. The largest absolute Gasteiger partial charge is 0.494 e. The molecule has 1 N–H and O–H groups in total. The fourth-order valence-corrected chi connectivity index (χ4v) is 3.29. The van der Waals surface area contributed by atoms with E-state index in [4.69, 9.17) is 9.47 Å². The highest BCUT2D eigenvalue weighted by molar-refractivity contribution is 7.22. The number of hydrogen-bond donors (Lipinski definition) is 1. The number of aromatic nitrogens is 1. The summed E-state index contributed by atoms with van der Waals surface area (Å²) in [5, 5.41) is 3.26. The van der Waals surface area contributed by atoms with Crippen molar-refractivity contribution in [3.8, 4) is 11.5 Å². The molecule has 1 heterocycles. The number of ether oxygens (including phenoxy) is 2. The van der Waals surface area contributed by atoms with Gasteiger partial charge in [-0.3, -0.25) is 4.79 Å². The predicted molar refractivity (Wildman–Crippen MR) is 96.1 cm³/mol. The second-order valence-electron chi connectivity index (χ2n) is 5.28. The Balaban J connectivity index is 1.70. The molecule has 0 aliphatic heterocycles. The zero-order valence-electron chi connectivity index (χ0n) is 13.8. The smallest absolute Gasteiger partial charge is 0.230 e. The van der Waals surface area contributed by atoms with Gasteiger partial charge in [0.1, 0.15) is 5.75 Å². The van der Waals surface area contributed by atoms with Crippen LogP contribution >= 0.6 is 11.3 Å². The molecule has 5 nitrogen and oxygen atoms in total. The maximum Gasteiger partial charge on any atom is 0.230 e. The van der Waals surface area contributed by atoms with E-state index in [1.54, 1.807) is 6.07 Å². The van der Waals surface area contributed by atoms with Crippen LogP contribution in [-0.4, -0.2) is 24.6 Å². The molecule has 0 saturated heterocycles. The number of carbonyl (C=O) groups is 1. The lowest BCUT2D eigenvalue weighted by Gasteiger charge is -2.05. The van der Waals surface area contributed by atoms with E-state index >= 15 is 0 Å². The SMILES string of the molecule is CCOc1ccc2nc(NC(=O)Cc3ccc(OC)c(F)c3)sc2c1. The normalized spacial score (nSPS) is 10.7. The molecule has 3 rings (SSSR count). The molecule has 0 spiro atoms. The minimum absolute atomic E-state index is 0.0566. The van der Waals surface area contributed by atoms with Crippen molar-refractivity contribution in [3.63, 3.8) is 0 Å². The summed E-state index contributed by atoms with van der Waals surface area (Å²) in [6.45, 7) is 2.51. The van der Waals surface area contributed by atoms with Crippen LogP contribution in [0.15, 0.2) is 36.4 Å². The van der Waals surface area contributed by atoms with E-state index in [9.17, 15) is 9.18 Å². The number of nitrogens with zero attached hydrogens (tertiary/aromatic N) is 1. The molecule has 0 saturated carbocycles. The summed E-state index contributed by atoms with van der Waals surface area (Å²) in [6, 6.07) is 10.1. The van der Waals surface area contributed by atoms with Gasteiger partial charge in [0.25, 0.3) is 0 Å². The predicted octanol–water partition coefficient (Wildman–Crippen LogP) is 4.02. The van der Waals surface area contributed by atoms with Crippen molar-refractivity contribution in [2.24, 2.45) is 0 Å². The maximum absolute atomic E-state index is 13.7. The van der Waals surface area contributed by atoms with Gasteiger partial charge in [0.15, 0.2) is 16.7 Å². The first-order chi connectivity index (χ1) is 12.1. The standard InChI is InChI=1S/C18H17FN2O3S/c1-3-24-12-5-6-14-16(10-12)25-18(20-14)21-17(22)9-11-4-7-15(23-2)13(19)8-11/h4-8,10H,3,9H2,1-2H3,(H,20,21,22). The van der Waals surface area contributed by atoms with E-state index in [0.717, 1.165) is 16.0 Å². The van der Waals surface area contributed by atoms with Crippen molar-refractivity contribution >= 4 is 32.6 Å². The molecule has 25 heavy (non-hydrogen) atoms. The number of halogens is 1. The molecule has 3 aromatic rings. The first-order valence-corrected chi connectivity index (χ1v) is 8.56. The van der Waals surface area contributed by atoms with Crippen LogP contribution in [-0.2, 0) is 11.2 Å². The first-order valence-electron chi connectivity index (χ1n) is 7.74. The number of anilines is 1. The van der Waals surface area contributed by atoms with Crippen molar-refractivity contribution < 1.29 is 18.7 Å². The fourth-order valence-electron chi connectivity index (χ4n) is 2.38. The third kappa shape index (κ3) is 4.06. The highest BCUT2D eigenvalue weighted by Gasteiger charge is 2.11. The summed E-state index contributed by atoms with van der Waals surface area (Å²) in [5.74, 6) is 0.176. The molecule has 2 aromatic carbocycles. The number of fused-ring (bicyclic) bond motifs is 1. The van der Waals surface area contributed by atoms with E-state index in [0.29, 0.717) is 17.3 Å². The Hall–Kier alpha value is -2.67. The molecular weight excluding hydrogens is 343 g/mol. The molecule has 0 radical (unpaired) electrons. The molecule has 0 unspecified atom stereocenters. The van der Waals surface area contributed by atoms with Gasteiger partial charge in [0.05, 0.1) is 30.4 Å². The van der Waals surface area contributed by atoms with Crippen molar-refractivity contribution in [1.29, 1.82) is 0 Å². The number of amides is 1. The van der Waals surface area contributed by atoms with Crippen LogP contribution < -0.4 is 14.8 Å². The Morgan fingerprint density at radius 2 is 2.12 bits per heavy atom. The van der Waals surface area contributed by atoms with E-state index in [2.05, 4.69) is 10.3 Å². The van der Waals surface area contributed by atoms with Crippen LogP contribution in [0.2, 0.25) is 0 Å². The van der Waals surface area contributed by atoms with Crippen molar-refractivity contribution in [2.75, 3.05) is 19.0 Å². The van der Waals surface area contributed by atoms with Gasteiger partial charge in [-0.2, -0.15) is 0 Å². The molecule has 1 aromatic heterocycles. The van der Waals surface area contributed by atoms with Crippen LogP contribution in [0.4, 0.5) is 9.52 Å². The highest BCUT2D eigenvalue weighted by atomic mass is 32.1. The van der Waals surface area contributed by atoms with Crippen molar-refractivity contribution in [1.82, 2.24) is 4.98 Å². The third-order valence-electron chi connectivity index (χ3n) is 3.50. The van der Waals surface area contributed by atoms with Gasteiger partial charge in [-0.25, -0.2) is 9.37 Å². The number of carbonyl (C=O) groups excluding carboxylic acids is 1. The topological polar surface area (TPSA) is 60.5 Å². The molecule has 0 fully saturated rings. The lowest BCUT2D eigenvalue weighted by molar-refractivity contribution is -0.115. The summed E-state index contributed by atoms with van der Waals surface area (Å²) in [7, 11) is 1.40. The Morgan fingerprint density at radius 3 is 2.84 bits per heavy atom. The van der Waals surface area contributed by atoms with Gasteiger partial charge in [-0.15, -0.1) is 0 Å². The number of thiazole rings is 1. The summed E-state index contributed by atoms with van der Waals surface area (Å²) < 4.78 is 24.9. The Labute approximate surface area is 148 Å². The molecule has 0 bridgehead atoms. The average Bonchev–Trinajstić information content (AvgIpc) is 2.96. The lowest BCUT2D eigenvalue weighted by atomic mass is 10.1. The zero-order valence-corrected chi connectivity index (χ0v) is 14.7. The average molecular weight is 360 g/mol. The van der Waals surface area contributed by atoms with Crippen LogP contribution in [0.3, 0.4) is 0 Å². The van der Waals surface area contributed by atoms with Crippen molar-refractivity contribution in [2.45, 2.75) is 13.3 Å². The molecule has 1 amide bonds. The number of rotatable bonds is 6. The van der Waals surface area contributed by atoms with Gasteiger partial charge in [-0.05, 0) is 42.8 Å². The lowest BCUT2D eigenvalue weighted by Crippen LogP contribution is -2.14. The Morgan fingerprint density at radius 1 is 1.28 bits per heavy atom. The summed E-state index contributed by atoms with van der Waals surface area (Å²) in [4.78, 5) is 16.5. The van der Waals surface area contributed by atoms with Gasteiger partial charge in [0.2, 0.25) is 5.91 Å². The fraction of sp³-hybridized carbons (Fsp3) is 0.222. The molecule has 130 valence electrons. The van der Waals surface area contributed by atoms with E-state index in [1.165, 1.54) is 30.6 Å². The minimum Gasteiger partial charge on any atom is -0.494 e. The second-order valence-corrected chi connectivity index (χ2v) is 6.31. The number of hydrogen-bond acceptors (Lipinski definition) is 5. The molecule has 0 atom stereocenters. The van der Waals surface area contributed by atoms with Gasteiger partial charge in [-0.1, -0.05) is 17.4 Å². The van der Waals surface area contributed by atoms with Crippen LogP contribution in [0.5, 0.6) is 11.5 Å².